The molecule has 0 aromatic carbocycles. The van der Waals surface area contributed by atoms with E-state index in [1.165, 1.54) is 0 Å². The smallest absolute Gasteiger partial charge is 0.328 e. The van der Waals surface area contributed by atoms with Gasteiger partial charge in [0, 0.05) is 6.42 Å². The highest BCUT2D eigenvalue weighted by Crippen LogP contribution is 2.19. The molecule has 7 amide bonds. The van der Waals surface area contributed by atoms with Gasteiger partial charge in [-0.2, -0.15) is 0 Å². The zero-order chi connectivity index (χ0) is 55.5. The fourth-order valence-corrected chi connectivity index (χ4v) is 8.57. The van der Waals surface area contributed by atoms with E-state index in [2.05, 4.69) is 51.1 Å². The van der Waals surface area contributed by atoms with Crippen molar-refractivity contribution in [1.82, 2.24) is 37.2 Å². The lowest BCUT2D eigenvalue weighted by Gasteiger charge is -2.29. The molecule has 73 heavy (non-hydrogen) atoms. The van der Waals surface area contributed by atoms with E-state index in [1.807, 2.05) is 13.8 Å². The van der Waals surface area contributed by atoms with E-state index in [4.69, 9.17) is 4.74 Å². The van der Waals surface area contributed by atoms with Crippen LogP contribution in [0.4, 0.5) is 0 Å². The van der Waals surface area contributed by atoms with Crippen LogP contribution in [0.25, 0.3) is 0 Å². The molecule has 0 aromatic heterocycles. The summed E-state index contributed by atoms with van der Waals surface area (Å²) in [5.74, 6) is -10.1. The van der Waals surface area contributed by atoms with Gasteiger partial charge in [-0.25, -0.2) is 4.79 Å². The van der Waals surface area contributed by atoms with Crippen molar-refractivity contribution in [2.75, 3.05) is 0 Å². The average Bonchev–Trinajstić information content (AvgIpc) is 3.26. The highest BCUT2D eigenvalue weighted by Gasteiger charge is 2.37. The van der Waals surface area contributed by atoms with Crippen molar-refractivity contribution in [2.45, 2.75) is 241 Å². The first kappa shape index (κ1) is 65.7. The summed E-state index contributed by atoms with van der Waals surface area (Å²) in [5, 5.41) is 37.9. The number of carboxylic acids is 2. The Labute approximate surface area is 434 Å². The van der Waals surface area contributed by atoms with E-state index in [1.54, 1.807) is 55.4 Å². The molecular formula is C53H93N7O13. The van der Waals surface area contributed by atoms with Crippen LogP contribution in [-0.4, -0.2) is 118 Å². The third kappa shape index (κ3) is 28.1. The Kier molecular flexibility index (Phi) is 30.8. The molecule has 1 saturated heterocycles. The maximum atomic E-state index is 14.2. The zero-order valence-corrected chi connectivity index (χ0v) is 46.0. The number of carbonyl (C=O) groups is 10. The van der Waals surface area contributed by atoms with Crippen LogP contribution in [0.3, 0.4) is 0 Å². The van der Waals surface area contributed by atoms with Crippen LogP contribution in [0, 0.1) is 35.5 Å². The molecule has 0 aliphatic carbocycles. The van der Waals surface area contributed by atoms with Gasteiger partial charge in [0.15, 0.2) is 0 Å². The number of aliphatic carboxylic acids is 2. The second-order valence-electron chi connectivity index (χ2n) is 22.4. The van der Waals surface area contributed by atoms with Crippen LogP contribution in [-0.2, 0) is 52.7 Å². The standard InChI is InChI=1S/C53H93N7O13/c1-30(2)20-18-16-14-13-15-17-19-21-36-28-43(61)54-37(22-23-44(62)63)47(66)55-38(24-31(3)4)48(67)57-40(26-33(7)8)51(70)60-46(35(11)12)52(71)58-41(29-45(64)65)50(69)56-39(25-32(5)6)49(68)59-42(27-34(9)10)53(72)73-36/h30-42,46H,13-29H2,1-12H3,(H,54,61)(H,55,66)(H,56,69)(H,57,67)(H,58,71)(H,59,68)(H,60,70)(H,62,63)(H,64,65)/t36-,37+,38+,39+,40+,41+,42+,46+/m1/s1. The highest BCUT2D eigenvalue weighted by atomic mass is 16.5. The van der Waals surface area contributed by atoms with Crippen LogP contribution in [0.2, 0.25) is 0 Å². The Balaban J connectivity index is 3.95. The minimum absolute atomic E-state index is 0.0393. The first-order chi connectivity index (χ1) is 34.1. The Hall–Kier alpha value is -5.30. The molecule has 1 heterocycles. The zero-order valence-electron chi connectivity index (χ0n) is 46.0. The van der Waals surface area contributed by atoms with E-state index in [-0.39, 0.29) is 62.2 Å². The average molecular weight is 1040 g/mol. The van der Waals surface area contributed by atoms with Crippen molar-refractivity contribution < 1.29 is 62.9 Å². The van der Waals surface area contributed by atoms with Crippen LogP contribution in [0.1, 0.15) is 192 Å². The maximum absolute atomic E-state index is 14.2. The number of hydrogen-bond acceptors (Lipinski definition) is 11. The van der Waals surface area contributed by atoms with E-state index < -0.39 is 133 Å². The summed E-state index contributed by atoms with van der Waals surface area (Å²) < 4.78 is 6.04. The number of rotatable bonds is 24. The number of ether oxygens (including phenoxy) is 1. The van der Waals surface area contributed by atoms with Crippen LogP contribution >= 0.6 is 0 Å². The monoisotopic (exact) mass is 1040 g/mol. The largest absolute Gasteiger partial charge is 0.481 e. The number of hydrogen-bond donors (Lipinski definition) is 9. The van der Waals surface area contributed by atoms with Gasteiger partial charge in [-0.05, 0) is 80.5 Å². The topological polar surface area (TPSA) is 305 Å². The van der Waals surface area contributed by atoms with Crippen molar-refractivity contribution in [3.63, 3.8) is 0 Å². The molecule has 1 aliphatic rings. The molecule has 0 unspecified atom stereocenters. The molecule has 20 nitrogen and oxygen atoms in total. The number of carbonyl (C=O) groups excluding carboxylic acids is 8. The molecule has 0 spiro atoms. The van der Waals surface area contributed by atoms with Crippen LogP contribution in [0.15, 0.2) is 0 Å². The molecule has 1 rings (SSSR count). The van der Waals surface area contributed by atoms with Crippen molar-refractivity contribution in [3.8, 4) is 0 Å². The quantitative estimate of drug-likeness (QED) is 0.0453. The summed E-state index contributed by atoms with van der Waals surface area (Å²) in [6, 6.07) is -9.64. The van der Waals surface area contributed by atoms with Crippen molar-refractivity contribution >= 4 is 59.3 Å². The lowest BCUT2D eigenvalue weighted by atomic mass is 9.98. The minimum Gasteiger partial charge on any atom is -0.481 e. The molecular weight excluding hydrogens is 943 g/mol. The molecule has 20 heteroatoms. The van der Waals surface area contributed by atoms with Crippen molar-refractivity contribution in [2.24, 2.45) is 35.5 Å². The predicted molar refractivity (Wildman–Crippen MR) is 276 cm³/mol. The van der Waals surface area contributed by atoms with E-state index in [9.17, 15) is 58.2 Å². The van der Waals surface area contributed by atoms with Gasteiger partial charge < -0.3 is 52.2 Å². The first-order valence-corrected chi connectivity index (χ1v) is 26.8. The Morgan fingerprint density at radius 3 is 1.29 bits per heavy atom. The fraction of sp³-hybridized carbons (Fsp3) is 0.811. The molecule has 1 fully saturated rings. The second kappa shape index (κ2) is 34.2. The summed E-state index contributed by atoms with van der Waals surface area (Å²) in [7, 11) is 0. The lowest BCUT2D eigenvalue weighted by Crippen LogP contribution is -2.61. The van der Waals surface area contributed by atoms with Crippen molar-refractivity contribution in [1.29, 1.82) is 0 Å². The second-order valence-corrected chi connectivity index (χ2v) is 22.4. The number of nitrogens with one attached hydrogen (secondary N) is 7. The van der Waals surface area contributed by atoms with Crippen molar-refractivity contribution in [3.05, 3.63) is 0 Å². The SMILES string of the molecule is CC(C)CCCCCCCCC[C@@H]1CC(=O)N[C@@H](CCC(=O)O)C(=O)N[C@@H](CC(C)C)C(=O)N[C@@H](CC(C)C)C(=O)N[C@@H](C(C)C)C(=O)N[C@@H](CC(=O)O)C(=O)N[C@@H](CC(C)C)C(=O)N[C@@H](CC(C)C)C(=O)O1. The van der Waals surface area contributed by atoms with E-state index in [0.29, 0.717) is 12.3 Å². The van der Waals surface area contributed by atoms with Gasteiger partial charge in [0.1, 0.15) is 48.4 Å². The number of unbranched alkanes of at least 4 members (excludes halogenated alkanes) is 6. The van der Waals surface area contributed by atoms with Crippen LogP contribution in [0.5, 0.6) is 0 Å². The summed E-state index contributed by atoms with van der Waals surface area (Å²) >= 11 is 0. The Morgan fingerprint density at radius 2 is 0.849 bits per heavy atom. The van der Waals surface area contributed by atoms with Gasteiger partial charge in [-0.15, -0.1) is 0 Å². The van der Waals surface area contributed by atoms with Gasteiger partial charge in [-0.1, -0.05) is 128 Å². The maximum Gasteiger partial charge on any atom is 0.328 e. The number of carboxylic acid groups (broad SMARTS) is 2. The van der Waals surface area contributed by atoms with Crippen LogP contribution < -0.4 is 37.2 Å². The number of esters is 1. The Bertz CT molecular complexity index is 1800. The number of amides is 7. The normalized spacial score (nSPS) is 24.0. The summed E-state index contributed by atoms with van der Waals surface area (Å²) in [4.78, 5) is 137. The highest BCUT2D eigenvalue weighted by molar-refractivity contribution is 5.98. The fourth-order valence-electron chi connectivity index (χ4n) is 8.57. The van der Waals surface area contributed by atoms with Gasteiger partial charge in [0.05, 0.1) is 12.8 Å². The summed E-state index contributed by atoms with van der Waals surface area (Å²) in [5.41, 5.74) is 0. The summed E-state index contributed by atoms with van der Waals surface area (Å²) in [6.45, 7) is 22.0. The number of cyclic esters (lactones) is 1. The molecule has 0 saturated carbocycles. The third-order valence-electron chi connectivity index (χ3n) is 12.4. The Morgan fingerprint density at radius 1 is 0.452 bits per heavy atom. The summed E-state index contributed by atoms with van der Waals surface area (Å²) in [6.07, 6.45) is 5.02. The minimum atomic E-state index is -1.72. The predicted octanol–water partition coefficient (Wildman–Crippen LogP) is 5.04. The van der Waals surface area contributed by atoms with Gasteiger partial charge >= 0.3 is 17.9 Å². The molecule has 0 bridgehead atoms. The van der Waals surface area contributed by atoms with E-state index >= 15 is 0 Å². The third-order valence-corrected chi connectivity index (χ3v) is 12.4. The van der Waals surface area contributed by atoms with Gasteiger partial charge in [0.25, 0.3) is 0 Å². The van der Waals surface area contributed by atoms with Gasteiger partial charge in [0.2, 0.25) is 41.4 Å². The van der Waals surface area contributed by atoms with Gasteiger partial charge in [-0.3, -0.25) is 43.2 Å². The molecule has 8 atom stereocenters. The molecule has 1 aliphatic heterocycles. The van der Waals surface area contributed by atoms with E-state index in [0.717, 1.165) is 44.9 Å². The molecule has 9 N–H and O–H groups in total. The first-order valence-electron chi connectivity index (χ1n) is 26.8. The molecule has 418 valence electrons. The molecule has 0 aromatic rings. The lowest BCUT2D eigenvalue weighted by molar-refractivity contribution is -0.155. The molecule has 0 radical (unpaired) electrons.